The number of nitrogens with zero attached hydrogens (tertiary/aromatic N) is 2. The molecule has 1 aliphatic rings. The number of aryl methyl sites for hydroxylation is 1. The Balaban J connectivity index is 1.94. The zero-order chi connectivity index (χ0) is 14.7. The highest BCUT2D eigenvalue weighted by Gasteiger charge is 2.26. The minimum atomic E-state index is 0.0105. The van der Waals surface area contributed by atoms with Crippen LogP contribution in [0.4, 0.5) is 0 Å². The van der Waals surface area contributed by atoms with Gasteiger partial charge in [-0.05, 0) is 19.9 Å². The van der Waals surface area contributed by atoms with Crippen LogP contribution in [0.5, 0.6) is 0 Å². The Bertz CT molecular complexity index is 614. The van der Waals surface area contributed by atoms with E-state index in [1.165, 1.54) is 0 Å². The molecule has 1 aromatic carbocycles. The van der Waals surface area contributed by atoms with Crippen LogP contribution < -0.4 is 5.32 Å². The van der Waals surface area contributed by atoms with Crippen LogP contribution >= 0.6 is 0 Å². The fourth-order valence-electron chi connectivity index (χ4n) is 2.62. The van der Waals surface area contributed by atoms with Crippen molar-refractivity contribution in [3.63, 3.8) is 0 Å². The second-order valence-electron chi connectivity index (χ2n) is 5.22. The molecule has 0 radical (unpaired) electrons. The number of nitrogens with one attached hydrogen (secondary N) is 1. The molecule has 5 nitrogen and oxygen atoms in total. The molecule has 1 saturated heterocycles. The van der Waals surface area contributed by atoms with Crippen LogP contribution in [0, 0.1) is 6.92 Å². The molecule has 1 N–H and O–H groups in total. The molecular formula is C16H19N3O2. The molecule has 1 amide bonds. The number of aromatic nitrogens is 1. The van der Waals surface area contributed by atoms with Gasteiger partial charge in [0.05, 0.1) is 0 Å². The fraction of sp³-hybridized carbons (Fsp3) is 0.375. The molecule has 0 spiro atoms. The summed E-state index contributed by atoms with van der Waals surface area (Å²) in [6.45, 7) is 5.07. The first kappa shape index (κ1) is 13.8. The molecule has 0 bridgehead atoms. The summed E-state index contributed by atoms with van der Waals surface area (Å²) in [6, 6.07) is 9.70. The molecule has 0 unspecified atom stereocenters. The maximum Gasteiger partial charge on any atom is 0.259 e. The van der Waals surface area contributed by atoms with Crippen LogP contribution in [0.3, 0.4) is 0 Å². The summed E-state index contributed by atoms with van der Waals surface area (Å²) >= 11 is 0. The summed E-state index contributed by atoms with van der Waals surface area (Å²) in [5, 5.41) is 7.39. The first-order valence-electron chi connectivity index (χ1n) is 7.29. The van der Waals surface area contributed by atoms with Crippen LogP contribution in [0.2, 0.25) is 0 Å². The maximum absolute atomic E-state index is 12.8. The molecule has 1 fully saturated rings. The third-order valence-electron chi connectivity index (χ3n) is 3.75. The molecule has 21 heavy (non-hydrogen) atoms. The van der Waals surface area contributed by atoms with Gasteiger partial charge >= 0.3 is 0 Å². The van der Waals surface area contributed by atoms with E-state index in [0.29, 0.717) is 17.0 Å². The summed E-state index contributed by atoms with van der Waals surface area (Å²) in [5.41, 5.74) is 2.13. The molecular weight excluding hydrogens is 266 g/mol. The van der Waals surface area contributed by atoms with E-state index in [9.17, 15) is 4.79 Å². The largest absolute Gasteiger partial charge is 0.360 e. The van der Waals surface area contributed by atoms with E-state index in [2.05, 4.69) is 10.5 Å². The molecule has 0 aliphatic carbocycles. The average Bonchev–Trinajstić information content (AvgIpc) is 2.74. The van der Waals surface area contributed by atoms with Gasteiger partial charge in [-0.15, -0.1) is 0 Å². The molecule has 1 aliphatic heterocycles. The predicted molar refractivity (Wildman–Crippen MR) is 80.1 cm³/mol. The minimum Gasteiger partial charge on any atom is -0.360 e. The smallest absolute Gasteiger partial charge is 0.259 e. The Morgan fingerprint density at radius 1 is 1.24 bits per heavy atom. The number of benzene rings is 1. The number of carbonyl (C=O) groups excluding carboxylic acids is 1. The molecule has 110 valence electrons. The molecule has 3 rings (SSSR count). The van der Waals surface area contributed by atoms with Gasteiger partial charge in [-0.2, -0.15) is 0 Å². The van der Waals surface area contributed by atoms with Crippen molar-refractivity contribution in [2.45, 2.75) is 13.3 Å². The monoisotopic (exact) mass is 285 g/mol. The second-order valence-corrected chi connectivity index (χ2v) is 5.22. The topological polar surface area (TPSA) is 58.4 Å². The van der Waals surface area contributed by atoms with E-state index in [-0.39, 0.29) is 5.91 Å². The van der Waals surface area contributed by atoms with Gasteiger partial charge in [0.25, 0.3) is 5.91 Å². The summed E-state index contributed by atoms with van der Waals surface area (Å²) in [6.07, 6.45) is 0.969. The second kappa shape index (κ2) is 6.10. The first-order valence-corrected chi connectivity index (χ1v) is 7.29. The Labute approximate surface area is 123 Å². The van der Waals surface area contributed by atoms with Crippen molar-refractivity contribution in [3.05, 3.63) is 41.7 Å². The normalized spacial score (nSPS) is 15.8. The molecule has 2 heterocycles. The highest BCUT2D eigenvalue weighted by Crippen LogP contribution is 2.26. The van der Waals surface area contributed by atoms with E-state index in [4.69, 9.17) is 4.52 Å². The third kappa shape index (κ3) is 2.83. The Morgan fingerprint density at radius 3 is 2.86 bits per heavy atom. The highest BCUT2D eigenvalue weighted by atomic mass is 16.5. The number of amides is 1. The van der Waals surface area contributed by atoms with Crippen molar-refractivity contribution in [2.24, 2.45) is 0 Å². The minimum absolute atomic E-state index is 0.0105. The summed E-state index contributed by atoms with van der Waals surface area (Å²) in [5.74, 6) is 0.590. The SMILES string of the molecule is Cc1onc(-c2ccccc2)c1C(=O)N1CCCNCC1. The van der Waals surface area contributed by atoms with Crippen LogP contribution in [-0.2, 0) is 0 Å². The zero-order valence-corrected chi connectivity index (χ0v) is 12.1. The lowest BCUT2D eigenvalue weighted by atomic mass is 10.1. The molecule has 5 heteroatoms. The van der Waals surface area contributed by atoms with Gasteiger partial charge in [-0.25, -0.2) is 0 Å². The lowest BCUT2D eigenvalue weighted by molar-refractivity contribution is 0.0765. The third-order valence-corrected chi connectivity index (χ3v) is 3.75. The van der Waals surface area contributed by atoms with Gasteiger partial charge in [0.15, 0.2) is 0 Å². The highest BCUT2D eigenvalue weighted by molar-refractivity contribution is 6.00. The zero-order valence-electron chi connectivity index (χ0n) is 12.1. The van der Waals surface area contributed by atoms with E-state index in [0.717, 1.165) is 38.2 Å². The average molecular weight is 285 g/mol. The van der Waals surface area contributed by atoms with Gasteiger partial charge in [0.2, 0.25) is 0 Å². The van der Waals surface area contributed by atoms with Gasteiger partial charge in [-0.3, -0.25) is 4.79 Å². The van der Waals surface area contributed by atoms with E-state index in [1.807, 2.05) is 35.2 Å². The van der Waals surface area contributed by atoms with E-state index >= 15 is 0 Å². The van der Waals surface area contributed by atoms with Crippen LogP contribution in [0.1, 0.15) is 22.5 Å². The Morgan fingerprint density at radius 2 is 2.05 bits per heavy atom. The quantitative estimate of drug-likeness (QED) is 0.918. The van der Waals surface area contributed by atoms with Crippen LogP contribution in [0.15, 0.2) is 34.9 Å². The van der Waals surface area contributed by atoms with Crippen molar-refractivity contribution in [1.29, 1.82) is 0 Å². The van der Waals surface area contributed by atoms with Crippen molar-refractivity contribution in [2.75, 3.05) is 26.2 Å². The molecule has 2 aromatic rings. The fourth-order valence-corrected chi connectivity index (χ4v) is 2.62. The van der Waals surface area contributed by atoms with E-state index < -0.39 is 0 Å². The van der Waals surface area contributed by atoms with Crippen molar-refractivity contribution < 1.29 is 9.32 Å². The number of hydrogen-bond donors (Lipinski definition) is 1. The summed E-state index contributed by atoms with van der Waals surface area (Å²) in [4.78, 5) is 14.7. The van der Waals surface area contributed by atoms with Gasteiger partial charge in [0, 0.05) is 25.2 Å². The summed E-state index contributed by atoms with van der Waals surface area (Å²) < 4.78 is 5.28. The lowest BCUT2D eigenvalue weighted by Crippen LogP contribution is -2.34. The van der Waals surface area contributed by atoms with Gasteiger partial charge < -0.3 is 14.7 Å². The number of hydrogen-bond acceptors (Lipinski definition) is 4. The standard InChI is InChI=1S/C16H19N3O2/c1-12-14(16(20)19-10-5-8-17-9-11-19)15(18-21-12)13-6-3-2-4-7-13/h2-4,6-7,17H,5,8-11H2,1H3. The Kier molecular flexibility index (Phi) is 4.01. The molecule has 1 aromatic heterocycles. The predicted octanol–water partition coefficient (Wildman–Crippen LogP) is 2.09. The molecule has 0 atom stereocenters. The lowest BCUT2D eigenvalue weighted by Gasteiger charge is -2.19. The van der Waals surface area contributed by atoms with Crippen LogP contribution in [-0.4, -0.2) is 42.1 Å². The molecule has 0 saturated carbocycles. The van der Waals surface area contributed by atoms with Gasteiger partial charge in [-0.1, -0.05) is 35.5 Å². The number of rotatable bonds is 2. The van der Waals surface area contributed by atoms with Crippen molar-refractivity contribution in [1.82, 2.24) is 15.4 Å². The summed E-state index contributed by atoms with van der Waals surface area (Å²) in [7, 11) is 0. The van der Waals surface area contributed by atoms with Crippen molar-refractivity contribution >= 4 is 5.91 Å². The number of carbonyl (C=O) groups is 1. The van der Waals surface area contributed by atoms with Crippen molar-refractivity contribution in [3.8, 4) is 11.3 Å². The first-order chi connectivity index (χ1) is 10.3. The van der Waals surface area contributed by atoms with Gasteiger partial charge in [0.1, 0.15) is 17.0 Å². The van der Waals surface area contributed by atoms with Crippen LogP contribution in [0.25, 0.3) is 11.3 Å². The Hall–Kier alpha value is -2.14. The van der Waals surface area contributed by atoms with E-state index in [1.54, 1.807) is 6.92 Å². The maximum atomic E-state index is 12.8.